The second-order valence-corrected chi connectivity index (χ2v) is 5.60. The molecule has 0 aliphatic carbocycles. The van der Waals surface area contributed by atoms with Gasteiger partial charge in [0.15, 0.2) is 11.6 Å². The number of rotatable bonds is 3. The van der Waals surface area contributed by atoms with E-state index in [-0.39, 0.29) is 0 Å². The summed E-state index contributed by atoms with van der Waals surface area (Å²) in [6, 6.07) is 15.1. The average Bonchev–Trinajstić information content (AvgIpc) is 3.07. The number of para-hydroxylation sites is 1. The van der Waals surface area contributed by atoms with Crippen molar-refractivity contribution in [3.63, 3.8) is 0 Å². The Morgan fingerprint density at radius 3 is 2.73 bits per heavy atom. The van der Waals surface area contributed by atoms with Crippen molar-refractivity contribution >= 4 is 17.0 Å². The van der Waals surface area contributed by atoms with E-state index in [4.69, 9.17) is 4.74 Å². The van der Waals surface area contributed by atoms with Gasteiger partial charge in [-0.1, -0.05) is 24.3 Å². The highest BCUT2D eigenvalue weighted by atomic mass is 16.6. The predicted octanol–water partition coefficient (Wildman–Crippen LogP) is 3.54. The van der Waals surface area contributed by atoms with Crippen LogP contribution in [-0.2, 0) is 0 Å². The number of benzene rings is 1. The number of carbonyl (C=O) groups is 1. The fraction of sp³-hybridized carbons (Fsp3) is 0.0526. The molecule has 4 rings (SSSR count). The van der Waals surface area contributed by atoms with Crippen LogP contribution in [0.4, 0.5) is 4.79 Å². The molecule has 7 heteroatoms. The molecule has 0 spiro atoms. The third-order valence-electron chi connectivity index (χ3n) is 3.84. The lowest BCUT2D eigenvalue weighted by Crippen LogP contribution is -2.25. The first kappa shape index (κ1) is 15.8. The first-order chi connectivity index (χ1) is 12.7. The van der Waals surface area contributed by atoms with E-state index >= 15 is 0 Å². The lowest BCUT2D eigenvalue weighted by Gasteiger charge is -2.10. The van der Waals surface area contributed by atoms with Crippen molar-refractivity contribution in [2.45, 2.75) is 6.92 Å². The van der Waals surface area contributed by atoms with Crippen LogP contribution in [0.15, 0.2) is 67.1 Å². The molecule has 3 heterocycles. The minimum Gasteiger partial charge on any atom is -0.406 e. The highest BCUT2D eigenvalue weighted by Gasteiger charge is 2.12. The molecule has 0 aliphatic heterocycles. The summed E-state index contributed by atoms with van der Waals surface area (Å²) in [5.41, 5.74) is 4.76. The molecule has 1 aromatic carbocycles. The van der Waals surface area contributed by atoms with Crippen LogP contribution in [0.3, 0.4) is 0 Å². The van der Waals surface area contributed by atoms with Crippen molar-refractivity contribution in [3.8, 4) is 17.3 Å². The fourth-order valence-corrected chi connectivity index (χ4v) is 2.58. The highest BCUT2D eigenvalue weighted by molar-refractivity contribution is 5.85. The van der Waals surface area contributed by atoms with E-state index < -0.39 is 6.09 Å². The Labute approximate surface area is 149 Å². The van der Waals surface area contributed by atoms with E-state index in [1.807, 2.05) is 48.5 Å². The van der Waals surface area contributed by atoms with Crippen molar-refractivity contribution in [2.75, 3.05) is 5.43 Å². The van der Waals surface area contributed by atoms with Crippen LogP contribution in [0.25, 0.3) is 22.4 Å². The number of aromatic nitrogens is 4. The van der Waals surface area contributed by atoms with Gasteiger partial charge in [0.2, 0.25) is 0 Å². The number of hydrogen-bond acceptors (Lipinski definition) is 5. The van der Waals surface area contributed by atoms with Gasteiger partial charge in [-0.15, -0.1) is 0 Å². The molecule has 4 aromatic rings. The van der Waals surface area contributed by atoms with Crippen LogP contribution < -0.4 is 10.2 Å². The summed E-state index contributed by atoms with van der Waals surface area (Å²) in [4.78, 5) is 25.0. The summed E-state index contributed by atoms with van der Waals surface area (Å²) in [6.07, 6.45) is 4.29. The maximum absolute atomic E-state index is 12.2. The van der Waals surface area contributed by atoms with Crippen LogP contribution >= 0.6 is 0 Å². The Morgan fingerprint density at radius 1 is 1.08 bits per heavy atom. The van der Waals surface area contributed by atoms with Gasteiger partial charge in [0, 0.05) is 17.8 Å². The average molecular weight is 345 g/mol. The summed E-state index contributed by atoms with van der Waals surface area (Å²) >= 11 is 0. The maximum atomic E-state index is 12.2. The first-order valence-electron chi connectivity index (χ1n) is 8.01. The maximum Gasteiger partial charge on any atom is 0.432 e. The fourth-order valence-electron chi connectivity index (χ4n) is 2.58. The van der Waals surface area contributed by atoms with Crippen molar-refractivity contribution in [1.82, 2.24) is 19.6 Å². The Bertz CT molecular complexity index is 1080. The van der Waals surface area contributed by atoms with Crippen LogP contribution in [0.5, 0.6) is 5.75 Å². The molecular weight excluding hydrogens is 330 g/mol. The number of nitrogens with one attached hydrogen (secondary N) is 1. The molecule has 0 fully saturated rings. The summed E-state index contributed by atoms with van der Waals surface area (Å²) in [7, 11) is 0. The zero-order chi connectivity index (χ0) is 17.9. The van der Waals surface area contributed by atoms with Crippen molar-refractivity contribution in [1.29, 1.82) is 0 Å². The van der Waals surface area contributed by atoms with Crippen LogP contribution in [0, 0.1) is 6.92 Å². The van der Waals surface area contributed by atoms with E-state index in [2.05, 4.69) is 20.4 Å². The van der Waals surface area contributed by atoms with Crippen molar-refractivity contribution < 1.29 is 9.53 Å². The standard InChI is InChI=1S/C19H15N5O2/c1-13-17(12-21-18(22-13)15-7-4-5-10-20-15)26-19(25)23-24-11-9-14-6-2-3-8-16(14)24/h2-12H,1H3,(H,23,25). The quantitative estimate of drug-likeness (QED) is 0.614. The number of fused-ring (bicyclic) bond motifs is 1. The first-order valence-corrected chi connectivity index (χ1v) is 8.01. The Balaban J connectivity index is 1.51. The zero-order valence-corrected chi connectivity index (χ0v) is 14.0. The molecule has 0 saturated heterocycles. The van der Waals surface area contributed by atoms with E-state index in [9.17, 15) is 4.79 Å². The van der Waals surface area contributed by atoms with Gasteiger partial charge in [-0.2, -0.15) is 0 Å². The third kappa shape index (κ3) is 3.10. The van der Waals surface area contributed by atoms with Crippen LogP contribution in [0.1, 0.15) is 5.69 Å². The van der Waals surface area contributed by atoms with Crippen LogP contribution in [0.2, 0.25) is 0 Å². The molecule has 0 atom stereocenters. The van der Waals surface area contributed by atoms with E-state index in [1.54, 1.807) is 24.0 Å². The molecular formula is C19H15N5O2. The molecule has 26 heavy (non-hydrogen) atoms. The molecule has 3 aromatic heterocycles. The number of nitrogens with zero attached hydrogens (tertiary/aromatic N) is 4. The molecule has 0 aliphatic rings. The Kier molecular flexibility index (Phi) is 4.03. The van der Waals surface area contributed by atoms with Gasteiger partial charge in [0.1, 0.15) is 5.69 Å². The number of ether oxygens (including phenoxy) is 1. The second kappa shape index (κ2) is 6.64. The highest BCUT2D eigenvalue weighted by Crippen LogP contribution is 2.19. The molecule has 0 radical (unpaired) electrons. The molecule has 128 valence electrons. The molecule has 0 saturated carbocycles. The SMILES string of the molecule is Cc1nc(-c2ccccn2)ncc1OC(=O)Nn1ccc2ccccc21. The second-order valence-electron chi connectivity index (χ2n) is 5.60. The van der Waals surface area contributed by atoms with Gasteiger partial charge in [-0.3, -0.25) is 9.66 Å². The van der Waals surface area contributed by atoms with Gasteiger partial charge in [-0.05, 0) is 31.2 Å². The number of pyridine rings is 1. The molecule has 1 N–H and O–H groups in total. The monoisotopic (exact) mass is 345 g/mol. The zero-order valence-electron chi connectivity index (χ0n) is 14.0. The normalized spacial score (nSPS) is 10.7. The topological polar surface area (TPSA) is 81.9 Å². The van der Waals surface area contributed by atoms with Gasteiger partial charge in [0.05, 0.1) is 17.4 Å². The van der Waals surface area contributed by atoms with Gasteiger partial charge < -0.3 is 4.74 Å². The number of carbonyl (C=O) groups excluding carboxylic acids is 1. The number of aryl methyl sites for hydroxylation is 1. The Hall–Kier alpha value is -3.74. The molecule has 0 unspecified atom stereocenters. The van der Waals surface area contributed by atoms with E-state index in [0.29, 0.717) is 23.0 Å². The molecule has 0 bridgehead atoms. The van der Waals surface area contributed by atoms with Crippen molar-refractivity contribution in [3.05, 3.63) is 72.8 Å². The summed E-state index contributed by atoms with van der Waals surface area (Å²) < 4.78 is 6.95. The minimum absolute atomic E-state index is 0.290. The lowest BCUT2D eigenvalue weighted by atomic mass is 10.3. The van der Waals surface area contributed by atoms with Gasteiger partial charge >= 0.3 is 6.09 Å². The molecule has 7 nitrogen and oxygen atoms in total. The number of amides is 1. The smallest absolute Gasteiger partial charge is 0.406 e. The largest absolute Gasteiger partial charge is 0.432 e. The summed E-state index contributed by atoms with van der Waals surface area (Å²) in [6.45, 7) is 1.75. The summed E-state index contributed by atoms with van der Waals surface area (Å²) in [5, 5.41) is 1.02. The number of hydrogen-bond donors (Lipinski definition) is 1. The van der Waals surface area contributed by atoms with Crippen molar-refractivity contribution in [2.24, 2.45) is 0 Å². The van der Waals surface area contributed by atoms with Gasteiger partial charge in [-0.25, -0.2) is 20.2 Å². The van der Waals surface area contributed by atoms with E-state index in [1.165, 1.54) is 6.20 Å². The molecule has 1 amide bonds. The van der Waals surface area contributed by atoms with Gasteiger partial charge in [0.25, 0.3) is 0 Å². The predicted molar refractivity (Wildman–Crippen MR) is 97.3 cm³/mol. The van der Waals surface area contributed by atoms with Crippen LogP contribution in [-0.4, -0.2) is 25.7 Å². The summed E-state index contributed by atoms with van der Waals surface area (Å²) in [5.74, 6) is 0.769. The minimum atomic E-state index is -0.622. The van der Waals surface area contributed by atoms with E-state index in [0.717, 1.165) is 10.9 Å². The Morgan fingerprint density at radius 2 is 1.92 bits per heavy atom. The third-order valence-corrected chi connectivity index (χ3v) is 3.84. The lowest BCUT2D eigenvalue weighted by molar-refractivity contribution is 0.211.